The van der Waals surface area contributed by atoms with Gasteiger partial charge in [-0.05, 0) is 51.4 Å². The van der Waals surface area contributed by atoms with Gasteiger partial charge in [0.05, 0.1) is 17.9 Å². The lowest BCUT2D eigenvalue weighted by Crippen LogP contribution is -2.24. The molecule has 18 heavy (non-hydrogen) atoms. The molecule has 1 N–H and O–H groups in total. The predicted octanol–water partition coefficient (Wildman–Crippen LogP) is 2.58. The number of aryl methyl sites for hydroxylation is 1. The van der Waals surface area contributed by atoms with Crippen LogP contribution in [0.4, 0.5) is 0 Å². The molecule has 0 spiro atoms. The number of carboxylic acid groups (broad SMARTS) is 1. The van der Waals surface area contributed by atoms with E-state index in [1.807, 2.05) is 6.33 Å². The quantitative estimate of drug-likeness (QED) is 0.875. The minimum Gasteiger partial charge on any atom is -0.481 e. The maximum atomic E-state index is 11.0. The molecule has 0 aliphatic heterocycles. The number of imidazole rings is 1. The average Bonchev–Trinajstić information content (AvgIpc) is 2.82. The van der Waals surface area contributed by atoms with Gasteiger partial charge in [-0.25, -0.2) is 4.98 Å². The van der Waals surface area contributed by atoms with Crippen molar-refractivity contribution in [3.63, 3.8) is 0 Å². The predicted molar refractivity (Wildman–Crippen MR) is 67.5 cm³/mol. The molecule has 3 rings (SSSR count). The van der Waals surface area contributed by atoms with Crippen LogP contribution in [0.2, 0.25) is 0 Å². The first kappa shape index (κ1) is 11.8. The highest BCUT2D eigenvalue weighted by atomic mass is 16.4. The van der Waals surface area contributed by atoms with Crippen molar-refractivity contribution in [2.45, 2.75) is 57.4 Å². The Balaban J connectivity index is 1.73. The molecule has 0 bridgehead atoms. The summed E-state index contributed by atoms with van der Waals surface area (Å²) < 4.78 is 2.34. The number of hydrogen-bond acceptors (Lipinski definition) is 2. The largest absolute Gasteiger partial charge is 0.481 e. The summed E-state index contributed by atoms with van der Waals surface area (Å²) >= 11 is 0. The van der Waals surface area contributed by atoms with Crippen LogP contribution in [0, 0.1) is 5.92 Å². The number of nitrogens with zero attached hydrogens (tertiary/aromatic N) is 2. The van der Waals surface area contributed by atoms with Gasteiger partial charge >= 0.3 is 5.97 Å². The normalized spacial score (nSPS) is 27.8. The maximum Gasteiger partial charge on any atom is 0.306 e. The molecular weight excluding hydrogens is 228 g/mol. The van der Waals surface area contributed by atoms with E-state index in [4.69, 9.17) is 5.11 Å². The Hall–Kier alpha value is -1.32. The van der Waals surface area contributed by atoms with E-state index in [0.29, 0.717) is 6.04 Å². The Morgan fingerprint density at radius 1 is 1.22 bits per heavy atom. The minimum atomic E-state index is -0.624. The molecule has 1 fully saturated rings. The molecule has 2 aliphatic rings. The van der Waals surface area contributed by atoms with Crippen LogP contribution in [0.15, 0.2) is 6.33 Å². The number of aromatic nitrogens is 2. The summed E-state index contributed by atoms with van der Waals surface area (Å²) in [5.41, 5.74) is 2.70. The molecule has 0 amide bonds. The fourth-order valence-corrected chi connectivity index (χ4v) is 3.41. The van der Waals surface area contributed by atoms with Crippen LogP contribution >= 0.6 is 0 Å². The van der Waals surface area contributed by atoms with Gasteiger partial charge in [-0.2, -0.15) is 0 Å². The van der Waals surface area contributed by atoms with Crippen molar-refractivity contribution in [1.82, 2.24) is 9.55 Å². The van der Waals surface area contributed by atoms with Crippen LogP contribution in [0.3, 0.4) is 0 Å². The lowest BCUT2D eigenvalue weighted by Gasteiger charge is -2.29. The second-order valence-electron chi connectivity index (χ2n) is 5.60. The van der Waals surface area contributed by atoms with Crippen LogP contribution in [-0.4, -0.2) is 20.6 Å². The molecule has 0 atom stereocenters. The number of aliphatic carboxylic acids is 1. The van der Waals surface area contributed by atoms with Gasteiger partial charge in [0, 0.05) is 11.7 Å². The number of rotatable bonds is 2. The first-order chi connectivity index (χ1) is 8.75. The highest BCUT2D eigenvalue weighted by molar-refractivity contribution is 5.70. The molecule has 0 saturated heterocycles. The molecule has 1 aromatic rings. The number of carboxylic acids is 1. The molecule has 4 heteroatoms. The van der Waals surface area contributed by atoms with E-state index < -0.39 is 5.97 Å². The molecule has 1 heterocycles. The Morgan fingerprint density at radius 2 is 1.94 bits per heavy atom. The molecule has 4 nitrogen and oxygen atoms in total. The van der Waals surface area contributed by atoms with E-state index in [-0.39, 0.29) is 5.92 Å². The van der Waals surface area contributed by atoms with Crippen LogP contribution in [0.25, 0.3) is 0 Å². The summed E-state index contributed by atoms with van der Waals surface area (Å²) in [5, 5.41) is 9.03. The molecule has 1 aromatic heterocycles. The second-order valence-corrected chi connectivity index (χ2v) is 5.60. The van der Waals surface area contributed by atoms with Crippen molar-refractivity contribution in [2.24, 2.45) is 5.92 Å². The Bertz CT molecular complexity index is 445. The van der Waals surface area contributed by atoms with Gasteiger partial charge in [0.15, 0.2) is 0 Å². The van der Waals surface area contributed by atoms with Gasteiger partial charge in [0.1, 0.15) is 0 Å². The molecule has 0 aromatic carbocycles. The van der Waals surface area contributed by atoms with Crippen LogP contribution in [0.5, 0.6) is 0 Å². The molecule has 98 valence electrons. The number of carbonyl (C=O) groups is 1. The van der Waals surface area contributed by atoms with E-state index >= 15 is 0 Å². The zero-order valence-corrected chi connectivity index (χ0v) is 10.6. The summed E-state index contributed by atoms with van der Waals surface area (Å²) in [4.78, 5) is 15.5. The second kappa shape index (κ2) is 4.75. The summed E-state index contributed by atoms with van der Waals surface area (Å²) in [5.74, 6) is -0.748. The summed E-state index contributed by atoms with van der Waals surface area (Å²) in [6.07, 6.45) is 10.4. The minimum absolute atomic E-state index is 0.124. The third kappa shape index (κ3) is 2.04. The van der Waals surface area contributed by atoms with Crippen LogP contribution < -0.4 is 0 Å². The standard InChI is InChI=1S/C14H20N2O2/c17-14(18)10-5-7-11(8-6-10)16-9-15-12-3-1-2-4-13(12)16/h9-11H,1-8H2,(H,17,18). The van der Waals surface area contributed by atoms with Crippen molar-refractivity contribution in [3.05, 3.63) is 17.7 Å². The number of hydrogen-bond donors (Lipinski definition) is 1. The molecule has 1 saturated carbocycles. The van der Waals surface area contributed by atoms with Crippen molar-refractivity contribution in [1.29, 1.82) is 0 Å². The van der Waals surface area contributed by atoms with Crippen molar-refractivity contribution >= 4 is 5.97 Å². The molecular formula is C14H20N2O2. The third-order valence-corrected chi connectivity index (χ3v) is 4.50. The first-order valence-electron chi connectivity index (χ1n) is 7.03. The Kier molecular flexibility index (Phi) is 3.10. The zero-order valence-electron chi connectivity index (χ0n) is 10.6. The fraction of sp³-hybridized carbons (Fsp3) is 0.714. The van der Waals surface area contributed by atoms with Gasteiger partial charge in [0.2, 0.25) is 0 Å². The van der Waals surface area contributed by atoms with E-state index in [1.54, 1.807) is 0 Å². The Labute approximate surface area is 107 Å². The topological polar surface area (TPSA) is 55.1 Å². The molecule has 2 aliphatic carbocycles. The molecule has 0 unspecified atom stereocenters. The van der Waals surface area contributed by atoms with Gasteiger partial charge in [-0.1, -0.05) is 0 Å². The van der Waals surface area contributed by atoms with E-state index in [0.717, 1.165) is 38.5 Å². The van der Waals surface area contributed by atoms with Crippen LogP contribution in [0.1, 0.15) is 56.0 Å². The van der Waals surface area contributed by atoms with Crippen LogP contribution in [-0.2, 0) is 17.6 Å². The molecule has 0 radical (unpaired) electrons. The summed E-state index contributed by atoms with van der Waals surface area (Å²) in [7, 11) is 0. The summed E-state index contributed by atoms with van der Waals surface area (Å²) in [6, 6.07) is 0.481. The smallest absolute Gasteiger partial charge is 0.306 e. The average molecular weight is 248 g/mol. The lowest BCUT2D eigenvalue weighted by molar-refractivity contribution is -0.143. The van der Waals surface area contributed by atoms with Gasteiger partial charge in [-0.3, -0.25) is 4.79 Å². The van der Waals surface area contributed by atoms with Gasteiger partial charge in [-0.15, -0.1) is 0 Å². The highest BCUT2D eigenvalue weighted by Gasteiger charge is 2.28. The SMILES string of the molecule is O=C(O)C1CCC(n2cnc3c2CCCC3)CC1. The number of fused-ring (bicyclic) bond motifs is 1. The monoisotopic (exact) mass is 248 g/mol. The van der Waals surface area contributed by atoms with Gasteiger partial charge < -0.3 is 9.67 Å². The summed E-state index contributed by atoms with van der Waals surface area (Å²) in [6.45, 7) is 0. The van der Waals surface area contributed by atoms with Crippen molar-refractivity contribution in [2.75, 3.05) is 0 Å². The fourth-order valence-electron chi connectivity index (χ4n) is 3.41. The van der Waals surface area contributed by atoms with Crippen molar-refractivity contribution < 1.29 is 9.90 Å². The zero-order chi connectivity index (χ0) is 12.5. The Morgan fingerprint density at radius 3 is 2.67 bits per heavy atom. The lowest BCUT2D eigenvalue weighted by atomic mass is 9.85. The highest BCUT2D eigenvalue weighted by Crippen LogP contribution is 2.34. The maximum absolute atomic E-state index is 11.0. The third-order valence-electron chi connectivity index (χ3n) is 4.50. The first-order valence-corrected chi connectivity index (χ1v) is 7.03. The van der Waals surface area contributed by atoms with E-state index in [1.165, 1.54) is 24.2 Å². The van der Waals surface area contributed by atoms with Gasteiger partial charge in [0.25, 0.3) is 0 Å². The van der Waals surface area contributed by atoms with E-state index in [9.17, 15) is 4.79 Å². The van der Waals surface area contributed by atoms with Crippen molar-refractivity contribution in [3.8, 4) is 0 Å². The van der Waals surface area contributed by atoms with E-state index in [2.05, 4.69) is 9.55 Å².